The van der Waals surface area contributed by atoms with Gasteiger partial charge in [-0.15, -0.1) is 0 Å². The van der Waals surface area contributed by atoms with Crippen molar-refractivity contribution in [3.8, 4) is 0 Å². The average Bonchev–Trinajstić information content (AvgIpc) is 2.26. The number of hydrogen-bond acceptors (Lipinski definition) is 2. The maximum atomic E-state index is 11.2. The predicted molar refractivity (Wildman–Crippen MR) is 60.8 cm³/mol. The molecule has 3 heteroatoms. The van der Waals surface area contributed by atoms with E-state index in [0.29, 0.717) is 0 Å². The van der Waals surface area contributed by atoms with E-state index in [4.69, 9.17) is 4.74 Å². The molecule has 88 valence electrons. The number of likely N-dealkylation sites (tertiary alicyclic amines) is 1. The quantitative estimate of drug-likeness (QED) is 0.457. The van der Waals surface area contributed by atoms with E-state index in [1.54, 1.807) is 4.90 Å². The second-order valence-electron chi connectivity index (χ2n) is 4.35. The molecule has 0 aromatic heterocycles. The van der Waals surface area contributed by atoms with Gasteiger partial charge in [0, 0.05) is 13.7 Å². The Balaban J connectivity index is 1.83. The number of hydrogen-bond donors (Lipinski definition) is 0. The molecule has 1 saturated heterocycles. The van der Waals surface area contributed by atoms with E-state index in [1.165, 1.54) is 32.1 Å². The lowest BCUT2D eigenvalue weighted by molar-refractivity contribution is -0.159. The summed E-state index contributed by atoms with van der Waals surface area (Å²) >= 11 is 0. The van der Waals surface area contributed by atoms with Gasteiger partial charge in [-0.05, 0) is 6.42 Å². The van der Waals surface area contributed by atoms with Crippen LogP contribution in [0.15, 0.2) is 0 Å². The zero-order chi connectivity index (χ0) is 11.1. The Morgan fingerprint density at radius 3 is 2.53 bits per heavy atom. The number of carbonyl (C=O) groups excluding carboxylic acids is 1. The highest BCUT2D eigenvalue weighted by Gasteiger charge is 2.34. The van der Waals surface area contributed by atoms with Crippen molar-refractivity contribution in [2.45, 2.75) is 51.6 Å². The SMILES string of the molecule is CCCCCCCCOC1CN(C)C1=O. The number of unbranched alkanes of at least 4 members (excludes halogenated alkanes) is 5. The monoisotopic (exact) mass is 213 g/mol. The number of likely N-dealkylation sites (N-methyl/N-ethyl adjacent to an activating group) is 1. The second kappa shape index (κ2) is 6.83. The van der Waals surface area contributed by atoms with E-state index in [0.717, 1.165) is 19.6 Å². The number of rotatable bonds is 8. The fourth-order valence-electron chi connectivity index (χ4n) is 1.78. The minimum atomic E-state index is -0.134. The third-order valence-electron chi connectivity index (χ3n) is 2.91. The molecular formula is C12H23NO2. The third-order valence-corrected chi connectivity index (χ3v) is 2.91. The van der Waals surface area contributed by atoms with Crippen molar-refractivity contribution < 1.29 is 9.53 Å². The molecule has 0 spiro atoms. The number of ether oxygens (including phenoxy) is 1. The van der Waals surface area contributed by atoms with Gasteiger partial charge in [-0.2, -0.15) is 0 Å². The second-order valence-corrected chi connectivity index (χ2v) is 4.35. The molecule has 1 atom stereocenters. The van der Waals surface area contributed by atoms with E-state index >= 15 is 0 Å². The van der Waals surface area contributed by atoms with Crippen LogP contribution in [-0.2, 0) is 9.53 Å². The molecule has 0 saturated carbocycles. The zero-order valence-corrected chi connectivity index (χ0v) is 10.00. The van der Waals surface area contributed by atoms with Crippen LogP contribution < -0.4 is 0 Å². The number of amides is 1. The van der Waals surface area contributed by atoms with E-state index < -0.39 is 0 Å². The van der Waals surface area contributed by atoms with Crippen LogP contribution in [0.4, 0.5) is 0 Å². The summed E-state index contributed by atoms with van der Waals surface area (Å²) in [4.78, 5) is 12.9. The summed E-state index contributed by atoms with van der Waals surface area (Å²) in [5.74, 6) is 0.140. The molecule has 0 radical (unpaired) electrons. The first-order valence-electron chi connectivity index (χ1n) is 6.12. The van der Waals surface area contributed by atoms with Crippen molar-refractivity contribution in [2.75, 3.05) is 20.2 Å². The summed E-state index contributed by atoms with van der Waals surface area (Å²) in [6.07, 6.45) is 7.46. The van der Waals surface area contributed by atoms with Crippen molar-refractivity contribution in [2.24, 2.45) is 0 Å². The molecule has 0 aromatic rings. The molecule has 1 unspecified atom stereocenters. The molecule has 3 nitrogen and oxygen atoms in total. The topological polar surface area (TPSA) is 29.5 Å². The van der Waals surface area contributed by atoms with Gasteiger partial charge in [-0.1, -0.05) is 39.0 Å². The van der Waals surface area contributed by atoms with Gasteiger partial charge < -0.3 is 9.64 Å². The average molecular weight is 213 g/mol. The molecule has 1 heterocycles. The summed E-state index contributed by atoms with van der Waals surface area (Å²) < 4.78 is 5.48. The van der Waals surface area contributed by atoms with Crippen LogP contribution in [0, 0.1) is 0 Å². The lowest BCUT2D eigenvalue weighted by Gasteiger charge is -2.34. The highest BCUT2D eigenvalue weighted by Crippen LogP contribution is 2.12. The Morgan fingerprint density at radius 2 is 1.93 bits per heavy atom. The maximum Gasteiger partial charge on any atom is 0.253 e. The van der Waals surface area contributed by atoms with Crippen molar-refractivity contribution in [3.05, 3.63) is 0 Å². The highest BCUT2D eigenvalue weighted by atomic mass is 16.5. The predicted octanol–water partition coefficient (Wildman–Crippen LogP) is 2.20. The summed E-state index contributed by atoms with van der Waals surface area (Å²) in [6, 6.07) is 0. The smallest absolute Gasteiger partial charge is 0.253 e. The van der Waals surface area contributed by atoms with Gasteiger partial charge >= 0.3 is 0 Å². The normalized spacial score (nSPS) is 20.5. The van der Waals surface area contributed by atoms with Crippen molar-refractivity contribution in [1.82, 2.24) is 4.90 Å². The number of nitrogens with zero attached hydrogens (tertiary/aromatic N) is 1. The Kier molecular flexibility index (Phi) is 5.69. The van der Waals surface area contributed by atoms with Crippen molar-refractivity contribution in [1.29, 1.82) is 0 Å². The Bertz CT molecular complexity index is 194. The zero-order valence-electron chi connectivity index (χ0n) is 10.00. The van der Waals surface area contributed by atoms with Gasteiger partial charge in [0.25, 0.3) is 5.91 Å². The maximum absolute atomic E-state index is 11.2. The van der Waals surface area contributed by atoms with Crippen LogP contribution in [0.3, 0.4) is 0 Å². The first-order valence-corrected chi connectivity index (χ1v) is 6.12. The van der Waals surface area contributed by atoms with Crippen molar-refractivity contribution in [3.63, 3.8) is 0 Å². The van der Waals surface area contributed by atoms with Crippen LogP contribution >= 0.6 is 0 Å². The minimum absolute atomic E-state index is 0.134. The van der Waals surface area contributed by atoms with E-state index in [2.05, 4.69) is 6.92 Å². The van der Waals surface area contributed by atoms with E-state index in [-0.39, 0.29) is 12.0 Å². The molecule has 1 aliphatic rings. The fourth-order valence-corrected chi connectivity index (χ4v) is 1.78. The van der Waals surface area contributed by atoms with E-state index in [9.17, 15) is 4.79 Å². The molecule has 15 heavy (non-hydrogen) atoms. The highest BCUT2D eigenvalue weighted by molar-refractivity contribution is 5.86. The van der Waals surface area contributed by atoms with Crippen molar-refractivity contribution >= 4 is 5.91 Å². The van der Waals surface area contributed by atoms with Gasteiger partial charge in [-0.25, -0.2) is 0 Å². The number of β-lactam (4-membered cyclic amide) rings is 1. The van der Waals surface area contributed by atoms with Gasteiger partial charge in [0.1, 0.15) is 0 Å². The van der Waals surface area contributed by atoms with Crippen LogP contribution in [0.25, 0.3) is 0 Å². The number of carbonyl (C=O) groups is 1. The van der Waals surface area contributed by atoms with Gasteiger partial charge in [0.15, 0.2) is 6.10 Å². The first kappa shape index (κ1) is 12.5. The molecule has 1 fully saturated rings. The fraction of sp³-hybridized carbons (Fsp3) is 0.917. The Morgan fingerprint density at radius 1 is 1.27 bits per heavy atom. The third kappa shape index (κ3) is 4.20. The van der Waals surface area contributed by atoms with Crippen LogP contribution in [0.1, 0.15) is 45.4 Å². The molecule has 1 amide bonds. The summed E-state index contributed by atoms with van der Waals surface area (Å²) in [5, 5.41) is 0. The molecule has 0 aromatic carbocycles. The molecule has 1 rings (SSSR count). The largest absolute Gasteiger partial charge is 0.367 e. The first-order chi connectivity index (χ1) is 7.25. The van der Waals surface area contributed by atoms with Gasteiger partial charge in [0.05, 0.1) is 6.54 Å². The molecular weight excluding hydrogens is 190 g/mol. The minimum Gasteiger partial charge on any atom is -0.367 e. The molecule has 0 aliphatic carbocycles. The summed E-state index contributed by atoms with van der Waals surface area (Å²) in [7, 11) is 1.81. The Labute approximate surface area is 92.8 Å². The Hall–Kier alpha value is -0.570. The lowest BCUT2D eigenvalue weighted by atomic mass is 10.1. The molecule has 1 aliphatic heterocycles. The molecule has 0 bridgehead atoms. The lowest BCUT2D eigenvalue weighted by Crippen LogP contribution is -2.55. The van der Waals surface area contributed by atoms with Crippen LogP contribution in [-0.4, -0.2) is 37.1 Å². The van der Waals surface area contributed by atoms with Gasteiger partial charge in [-0.3, -0.25) is 4.79 Å². The van der Waals surface area contributed by atoms with Gasteiger partial charge in [0.2, 0.25) is 0 Å². The summed E-state index contributed by atoms with van der Waals surface area (Å²) in [5.41, 5.74) is 0. The van der Waals surface area contributed by atoms with E-state index in [1.807, 2.05) is 7.05 Å². The van der Waals surface area contributed by atoms with Crippen LogP contribution in [0.5, 0.6) is 0 Å². The summed E-state index contributed by atoms with van der Waals surface area (Å²) in [6.45, 7) is 3.74. The molecule has 0 N–H and O–H groups in total. The van der Waals surface area contributed by atoms with Crippen LogP contribution in [0.2, 0.25) is 0 Å². The standard InChI is InChI=1S/C12H23NO2/c1-3-4-5-6-7-8-9-15-11-10-13(2)12(11)14/h11H,3-10H2,1-2H3.